The summed E-state index contributed by atoms with van der Waals surface area (Å²) in [4.78, 5) is 0. The largest absolute Gasteiger partial charge is 0.491 e. The molecule has 0 spiro atoms. The van der Waals surface area contributed by atoms with Crippen LogP contribution in [-0.4, -0.2) is 6.10 Å². The summed E-state index contributed by atoms with van der Waals surface area (Å²) in [5.41, 5.74) is 5.50. The Balaban J connectivity index is 2.63. The molecule has 1 rings (SSSR count). The van der Waals surface area contributed by atoms with E-state index in [4.69, 9.17) is 10.5 Å². The highest BCUT2D eigenvalue weighted by molar-refractivity contribution is 5.43. The topological polar surface area (TPSA) is 35.2 Å². The predicted molar refractivity (Wildman–Crippen MR) is 55.8 cm³/mol. The molecule has 0 heterocycles. The Morgan fingerprint density at radius 2 is 2.21 bits per heavy atom. The number of halogens is 1. The van der Waals surface area contributed by atoms with Crippen molar-refractivity contribution in [1.82, 2.24) is 0 Å². The molecule has 0 saturated heterocycles. The summed E-state index contributed by atoms with van der Waals surface area (Å²) in [6.45, 7) is 4.06. The zero-order valence-electron chi connectivity index (χ0n) is 8.59. The van der Waals surface area contributed by atoms with Gasteiger partial charge < -0.3 is 10.5 Å². The monoisotopic (exact) mass is 197 g/mol. The van der Waals surface area contributed by atoms with Gasteiger partial charge in [-0.25, -0.2) is 4.39 Å². The molecule has 0 aliphatic carbocycles. The van der Waals surface area contributed by atoms with Crippen LogP contribution in [0.4, 0.5) is 10.1 Å². The van der Waals surface area contributed by atoms with Gasteiger partial charge in [0.05, 0.1) is 11.8 Å². The van der Waals surface area contributed by atoms with Crippen LogP contribution in [0.1, 0.15) is 26.7 Å². The molecule has 1 aromatic rings. The maximum Gasteiger partial charge on any atom is 0.149 e. The lowest BCUT2D eigenvalue weighted by molar-refractivity contribution is 0.209. The quantitative estimate of drug-likeness (QED) is 0.753. The van der Waals surface area contributed by atoms with Crippen LogP contribution >= 0.6 is 0 Å². The zero-order chi connectivity index (χ0) is 10.6. The van der Waals surface area contributed by atoms with E-state index in [9.17, 15) is 4.39 Å². The number of nitrogens with two attached hydrogens (primary N) is 1. The van der Waals surface area contributed by atoms with Gasteiger partial charge in [0.15, 0.2) is 0 Å². The van der Waals surface area contributed by atoms with Crippen LogP contribution in [-0.2, 0) is 0 Å². The lowest BCUT2D eigenvalue weighted by atomic mass is 10.2. The minimum atomic E-state index is -0.425. The van der Waals surface area contributed by atoms with E-state index in [1.54, 1.807) is 6.07 Å². The molecule has 2 N–H and O–H groups in total. The highest BCUT2D eigenvalue weighted by atomic mass is 19.1. The van der Waals surface area contributed by atoms with Crippen molar-refractivity contribution in [3.63, 3.8) is 0 Å². The van der Waals surface area contributed by atoms with E-state index in [1.807, 2.05) is 6.92 Å². The minimum absolute atomic E-state index is 0.114. The van der Waals surface area contributed by atoms with Crippen LogP contribution in [0.5, 0.6) is 5.75 Å². The van der Waals surface area contributed by atoms with Crippen molar-refractivity contribution >= 4 is 5.69 Å². The second-order valence-corrected chi connectivity index (χ2v) is 3.40. The fourth-order valence-corrected chi connectivity index (χ4v) is 1.28. The van der Waals surface area contributed by atoms with Crippen molar-refractivity contribution < 1.29 is 9.13 Å². The van der Waals surface area contributed by atoms with Crippen molar-refractivity contribution in [2.75, 3.05) is 5.73 Å². The highest BCUT2D eigenvalue weighted by Crippen LogP contribution is 2.19. The maximum absolute atomic E-state index is 13.0. The van der Waals surface area contributed by atoms with Crippen LogP contribution in [0.25, 0.3) is 0 Å². The molecule has 1 unspecified atom stereocenters. The second kappa shape index (κ2) is 4.84. The minimum Gasteiger partial charge on any atom is -0.491 e. The Bertz CT molecular complexity index is 301. The number of rotatable bonds is 4. The van der Waals surface area contributed by atoms with Gasteiger partial charge in [-0.15, -0.1) is 0 Å². The van der Waals surface area contributed by atoms with Crippen LogP contribution in [0, 0.1) is 5.82 Å². The van der Waals surface area contributed by atoms with Gasteiger partial charge in [0.25, 0.3) is 0 Å². The third-order valence-electron chi connectivity index (χ3n) is 2.00. The van der Waals surface area contributed by atoms with Crippen molar-refractivity contribution in [1.29, 1.82) is 0 Å². The van der Waals surface area contributed by atoms with Gasteiger partial charge in [-0.3, -0.25) is 0 Å². The lowest BCUT2D eigenvalue weighted by Crippen LogP contribution is -2.11. The van der Waals surface area contributed by atoms with E-state index in [1.165, 1.54) is 12.1 Å². The van der Waals surface area contributed by atoms with Crippen LogP contribution < -0.4 is 10.5 Å². The van der Waals surface area contributed by atoms with E-state index in [-0.39, 0.29) is 11.8 Å². The first-order chi connectivity index (χ1) is 6.63. The van der Waals surface area contributed by atoms with Crippen LogP contribution in [0.2, 0.25) is 0 Å². The molecule has 1 aromatic carbocycles. The molecule has 3 heteroatoms. The number of ether oxygens (including phenoxy) is 1. The van der Waals surface area contributed by atoms with Gasteiger partial charge in [-0.1, -0.05) is 13.3 Å². The van der Waals surface area contributed by atoms with Gasteiger partial charge in [0.2, 0.25) is 0 Å². The normalized spacial score (nSPS) is 12.5. The van der Waals surface area contributed by atoms with Crippen molar-refractivity contribution in [2.45, 2.75) is 32.8 Å². The Morgan fingerprint density at radius 3 is 2.79 bits per heavy atom. The SMILES string of the molecule is CCCC(C)Oc1ccc(N)c(F)c1. The van der Waals surface area contributed by atoms with E-state index < -0.39 is 5.82 Å². The molecule has 0 amide bonds. The van der Waals surface area contributed by atoms with Gasteiger partial charge in [-0.2, -0.15) is 0 Å². The molecule has 78 valence electrons. The summed E-state index contributed by atoms with van der Waals surface area (Å²) in [7, 11) is 0. The molecule has 2 nitrogen and oxygen atoms in total. The average molecular weight is 197 g/mol. The van der Waals surface area contributed by atoms with Gasteiger partial charge in [0, 0.05) is 6.07 Å². The van der Waals surface area contributed by atoms with E-state index >= 15 is 0 Å². The van der Waals surface area contributed by atoms with Gasteiger partial charge in [0.1, 0.15) is 11.6 Å². The Kier molecular flexibility index (Phi) is 3.74. The molecular weight excluding hydrogens is 181 g/mol. The van der Waals surface area contributed by atoms with Gasteiger partial charge in [-0.05, 0) is 25.5 Å². The third-order valence-corrected chi connectivity index (χ3v) is 2.00. The maximum atomic E-state index is 13.0. The molecule has 0 aromatic heterocycles. The van der Waals surface area contributed by atoms with Crippen molar-refractivity contribution in [2.24, 2.45) is 0 Å². The Morgan fingerprint density at radius 1 is 1.50 bits per heavy atom. The number of hydrogen-bond acceptors (Lipinski definition) is 2. The summed E-state index contributed by atoms with van der Waals surface area (Å²) < 4.78 is 18.5. The molecule has 0 saturated carbocycles. The van der Waals surface area contributed by atoms with Crippen LogP contribution in [0.3, 0.4) is 0 Å². The summed E-state index contributed by atoms with van der Waals surface area (Å²) in [6.07, 6.45) is 2.13. The first-order valence-electron chi connectivity index (χ1n) is 4.85. The molecule has 0 aliphatic rings. The summed E-state index contributed by atoms with van der Waals surface area (Å²) >= 11 is 0. The molecule has 0 bridgehead atoms. The number of benzene rings is 1. The molecule has 14 heavy (non-hydrogen) atoms. The number of nitrogen functional groups attached to an aromatic ring is 1. The Labute approximate surface area is 83.9 Å². The summed E-state index contributed by atoms with van der Waals surface area (Å²) in [6, 6.07) is 4.52. The first-order valence-corrected chi connectivity index (χ1v) is 4.85. The fourth-order valence-electron chi connectivity index (χ4n) is 1.28. The average Bonchev–Trinajstić information content (AvgIpc) is 2.12. The second-order valence-electron chi connectivity index (χ2n) is 3.40. The standard InChI is InChI=1S/C11H16FNO/c1-3-4-8(2)14-9-5-6-11(13)10(12)7-9/h5-8H,3-4,13H2,1-2H3. The molecular formula is C11H16FNO. The zero-order valence-corrected chi connectivity index (χ0v) is 8.59. The first kappa shape index (κ1) is 10.8. The summed E-state index contributed by atoms with van der Waals surface area (Å²) in [5.74, 6) is 0.115. The highest BCUT2D eigenvalue weighted by Gasteiger charge is 2.05. The lowest BCUT2D eigenvalue weighted by Gasteiger charge is -2.13. The van der Waals surface area contributed by atoms with E-state index in [0.29, 0.717) is 5.75 Å². The van der Waals surface area contributed by atoms with E-state index in [0.717, 1.165) is 12.8 Å². The predicted octanol–water partition coefficient (Wildman–Crippen LogP) is 2.98. The molecule has 0 fully saturated rings. The third kappa shape index (κ3) is 2.91. The molecule has 1 atom stereocenters. The summed E-state index contributed by atoms with van der Waals surface area (Å²) in [5, 5.41) is 0. The molecule has 0 aliphatic heterocycles. The van der Waals surface area contributed by atoms with Gasteiger partial charge >= 0.3 is 0 Å². The number of anilines is 1. The van der Waals surface area contributed by atoms with Crippen LogP contribution in [0.15, 0.2) is 18.2 Å². The van der Waals surface area contributed by atoms with E-state index in [2.05, 4.69) is 6.92 Å². The van der Waals surface area contributed by atoms with Crippen molar-refractivity contribution in [3.05, 3.63) is 24.0 Å². The van der Waals surface area contributed by atoms with Crippen molar-refractivity contribution in [3.8, 4) is 5.75 Å². The Hall–Kier alpha value is -1.25. The molecule has 0 radical (unpaired) electrons. The smallest absolute Gasteiger partial charge is 0.149 e. The number of hydrogen-bond donors (Lipinski definition) is 1. The fraction of sp³-hybridized carbons (Fsp3) is 0.455.